The van der Waals surface area contributed by atoms with Gasteiger partial charge < -0.3 is 9.47 Å². The summed E-state index contributed by atoms with van der Waals surface area (Å²) in [4.78, 5) is 27.0. The number of nitrogens with zero attached hydrogens (tertiary/aromatic N) is 1. The summed E-state index contributed by atoms with van der Waals surface area (Å²) in [5, 5.41) is 0.706. The Kier molecular flexibility index (Phi) is 8.52. The largest absolute Gasteiger partial charge is 0.490 e. The molecule has 5 nitrogen and oxygen atoms in total. The number of hydrogen-bond acceptors (Lipinski definition) is 5. The van der Waals surface area contributed by atoms with E-state index < -0.39 is 11.1 Å². The smallest absolute Gasteiger partial charge is 0.293 e. The summed E-state index contributed by atoms with van der Waals surface area (Å²) in [5.74, 6) is 0.429. The quantitative estimate of drug-likeness (QED) is 0.259. The predicted octanol–water partition coefficient (Wildman–Crippen LogP) is 8.17. The number of amides is 2. The highest BCUT2D eigenvalue weighted by Gasteiger charge is 2.35. The Morgan fingerprint density at radius 2 is 1.64 bits per heavy atom. The first-order valence-electron chi connectivity index (χ1n) is 11.1. The molecule has 1 fully saturated rings. The van der Waals surface area contributed by atoms with Crippen LogP contribution in [0.1, 0.15) is 29.2 Å². The van der Waals surface area contributed by atoms with Gasteiger partial charge in [0.1, 0.15) is 6.61 Å². The Morgan fingerprint density at radius 3 is 2.31 bits per heavy atom. The fourth-order valence-electron chi connectivity index (χ4n) is 3.54. The van der Waals surface area contributed by atoms with Crippen molar-refractivity contribution in [1.82, 2.24) is 4.90 Å². The molecule has 2 amide bonds. The fourth-order valence-corrected chi connectivity index (χ4v) is 5.17. The van der Waals surface area contributed by atoms with E-state index in [2.05, 4.69) is 0 Å². The molecule has 186 valence electrons. The minimum Gasteiger partial charge on any atom is -0.490 e. The van der Waals surface area contributed by atoms with Crippen molar-refractivity contribution in [3.8, 4) is 11.5 Å². The van der Waals surface area contributed by atoms with Gasteiger partial charge in [0.25, 0.3) is 11.1 Å². The van der Waals surface area contributed by atoms with Gasteiger partial charge in [0.15, 0.2) is 11.5 Å². The minimum atomic E-state index is -0.435. The van der Waals surface area contributed by atoms with E-state index in [4.69, 9.17) is 44.3 Å². The van der Waals surface area contributed by atoms with Gasteiger partial charge in [-0.25, -0.2) is 0 Å². The number of rotatable bonds is 8. The zero-order chi connectivity index (χ0) is 25.8. The van der Waals surface area contributed by atoms with Crippen LogP contribution in [0.25, 0.3) is 6.08 Å². The molecular weight excluding hydrogens is 541 g/mol. The van der Waals surface area contributed by atoms with Crippen molar-refractivity contribution in [1.29, 1.82) is 0 Å². The molecule has 9 heteroatoms. The Bertz CT molecular complexity index is 1320. The number of halogens is 3. The molecule has 0 atom stereocenters. The molecule has 1 saturated heterocycles. The molecule has 3 aromatic carbocycles. The number of benzene rings is 3. The maximum Gasteiger partial charge on any atom is 0.293 e. The van der Waals surface area contributed by atoms with E-state index in [1.54, 1.807) is 36.4 Å². The van der Waals surface area contributed by atoms with Crippen LogP contribution < -0.4 is 9.47 Å². The molecule has 0 aliphatic carbocycles. The third-order valence-corrected chi connectivity index (χ3v) is 7.28. The molecule has 4 rings (SSSR count). The first-order valence-corrected chi connectivity index (χ1v) is 13.0. The highest BCUT2D eigenvalue weighted by Crippen LogP contribution is 2.40. The molecule has 0 N–H and O–H groups in total. The number of aryl methyl sites for hydroxylation is 1. The Hall–Kier alpha value is -2.64. The van der Waals surface area contributed by atoms with Crippen molar-refractivity contribution in [3.63, 3.8) is 0 Å². The van der Waals surface area contributed by atoms with Crippen LogP contribution in [0.2, 0.25) is 15.1 Å². The second-order valence-electron chi connectivity index (χ2n) is 8.01. The molecule has 0 aromatic heterocycles. The van der Waals surface area contributed by atoms with E-state index >= 15 is 0 Å². The molecule has 0 saturated carbocycles. The highest BCUT2D eigenvalue weighted by molar-refractivity contribution is 8.18. The summed E-state index contributed by atoms with van der Waals surface area (Å²) < 4.78 is 11.7. The summed E-state index contributed by atoms with van der Waals surface area (Å²) in [7, 11) is 0. The number of carbonyl (C=O) groups is 2. The lowest BCUT2D eigenvalue weighted by molar-refractivity contribution is -0.123. The van der Waals surface area contributed by atoms with Gasteiger partial charge in [-0.15, -0.1) is 0 Å². The number of hydrogen-bond donors (Lipinski definition) is 0. The van der Waals surface area contributed by atoms with Gasteiger partial charge in [-0.2, -0.15) is 0 Å². The lowest BCUT2D eigenvalue weighted by atomic mass is 10.1. The van der Waals surface area contributed by atoms with E-state index in [0.29, 0.717) is 50.9 Å². The zero-order valence-corrected chi connectivity index (χ0v) is 22.6. The van der Waals surface area contributed by atoms with Gasteiger partial charge in [-0.05, 0) is 67.1 Å². The van der Waals surface area contributed by atoms with Crippen LogP contribution in [0.4, 0.5) is 4.79 Å². The second kappa shape index (κ2) is 11.6. The average Bonchev–Trinajstić information content (AvgIpc) is 3.09. The fraction of sp³-hybridized carbons (Fsp3) is 0.185. The topological polar surface area (TPSA) is 55.8 Å². The van der Waals surface area contributed by atoms with E-state index in [9.17, 15) is 9.59 Å². The normalized spacial score (nSPS) is 14.6. The number of carbonyl (C=O) groups excluding carboxylic acids is 2. The van der Waals surface area contributed by atoms with Crippen molar-refractivity contribution < 1.29 is 19.1 Å². The molecule has 0 spiro atoms. The summed E-state index contributed by atoms with van der Waals surface area (Å²) >= 11 is 19.8. The van der Waals surface area contributed by atoms with Gasteiger partial charge in [0.05, 0.1) is 23.1 Å². The van der Waals surface area contributed by atoms with Crippen LogP contribution in [-0.4, -0.2) is 22.7 Å². The predicted molar refractivity (Wildman–Crippen MR) is 146 cm³/mol. The van der Waals surface area contributed by atoms with Crippen molar-refractivity contribution in [2.75, 3.05) is 6.61 Å². The molecule has 0 radical (unpaired) electrons. The SMILES string of the molecule is CCOc1cc(/C=C2\SC(=O)N(Cc3c(Cl)cccc3Cl)C2=O)cc(Cl)c1OCc1ccc(C)cc1. The first-order chi connectivity index (χ1) is 17.3. The Labute approximate surface area is 228 Å². The van der Waals surface area contributed by atoms with Crippen molar-refractivity contribution in [2.24, 2.45) is 0 Å². The van der Waals surface area contributed by atoms with Crippen molar-refractivity contribution >= 4 is 63.8 Å². The third-order valence-electron chi connectivity index (χ3n) is 5.38. The number of thioether (sulfide) groups is 1. The van der Waals surface area contributed by atoms with E-state index in [1.165, 1.54) is 0 Å². The van der Waals surface area contributed by atoms with E-state index in [-0.39, 0.29) is 11.4 Å². The Morgan fingerprint density at radius 1 is 0.944 bits per heavy atom. The van der Waals surface area contributed by atoms with Gasteiger partial charge in [-0.3, -0.25) is 14.5 Å². The van der Waals surface area contributed by atoms with Gasteiger partial charge in [0.2, 0.25) is 0 Å². The molecule has 3 aromatic rings. The highest BCUT2D eigenvalue weighted by atomic mass is 35.5. The molecule has 1 heterocycles. The van der Waals surface area contributed by atoms with Gasteiger partial charge in [-0.1, -0.05) is 70.7 Å². The lowest BCUT2D eigenvalue weighted by Crippen LogP contribution is -2.27. The standard InChI is InChI=1S/C27H22Cl3NO4S/c1-3-34-23-12-18(11-22(30)25(23)35-15-17-9-7-16(2)8-10-17)13-24-26(32)31(27(33)36-24)14-19-20(28)5-4-6-21(19)29/h4-13H,3,14-15H2,1-2H3/b24-13-. The van der Waals surface area contributed by atoms with E-state index in [0.717, 1.165) is 27.8 Å². The van der Waals surface area contributed by atoms with Crippen LogP contribution in [0, 0.1) is 6.92 Å². The minimum absolute atomic E-state index is 0.0166. The molecule has 0 unspecified atom stereocenters. The lowest BCUT2D eigenvalue weighted by Gasteiger charge is -2.15. The summed E-state index contributed by atoms with van der Waals surface area (Å²) in [6.45, 7) is 4.58. The maximum absolute atomic E-state index is 13.0. The number of imide groups is 1. The summed E-state index contributed by atoms with van der Waals surface area (Å²) in [5.41, 5.74) is 3.28. The average molecular weight is 563 g/mol. The maximum atomic E-state index is 13.0. The van der Waals surface area contributed by atoms with Crippen LogP contribution in [0.5, 0.6) is 11.5 Å². The van der Waals surface area contributed by atoms with E-state index in [1.807, 2.05) is 38.1 Å². The van der Waals surface area contributed by atoms with Gasteiger partial charge >= 0.3 is 0 Å². The molecular formula is C27H22Cl3NO4S. The zero-order valence-electron chi connectivity index (χ0n) is 19.5. The molecule has 36 heavy (non-hydrogen) atoms. The Balaban J connectivity index is 1.56. The third kappa shape index (κ3) is 6.01. The number of ether oxygens (including phenoxy) is 2. The van der Waals surface area contributed by atoms with Crippen LogP contribution >= 0.6 is 46.6 Å². The van der Waals surface area contributed by atoms with Gasteiger partial charge in [0, 0.05) is 15.6 Å². The first kappa shape index (κ1) is 26.4. The van der Waals surface area contributed by atoms with Crippen LogP contribution in [0.3, 0.4) is 0 Å². The monoisotopic (exact) mass is 561 g/mol. The van der Waals surface area contributed by atoms with Crippen LogP contribution in [-0.2, 0) is 17.9 Å². The molecule has 1 aliphatic heterocycles. The summed E-state index contributed by atoms with van der Waals surface area (Å²) in [6, 6.07) is 16.4. The van der Waals surface area contributed by atoms with Crippen LogP contribution in [0.15, 0.2) is 59.5 Å². The van der Waals surface area contributed by atoms with Crippen molar-refractivity contribution in [3.05, 3.63) is 96.8 Å². The second-order valence-corrected chi connectivity index (χ2v) is 10.2. The van der Waals surface area contributed by atoms with Crippen molar-refractivity contribution in [2.45, 2.75) is 27.0 Å². The molecule has 0 bridgehead atoms. The summed E-state index contributed by atoms with van der Waals surface area (Å²) in [6.07, 6.45) is 1.61. The molecule has 1 aliphatic rings.